The van der Waals surface area contributed by atoms with Crippen LogP contribution in [0, 0.1) is 5.82 Å². The quantitative estimate of drug-likeness (QED) is 0.891. The second-order valence-electron chi connectivity index (χ2n) is 7.03. The fourth-order valence-electron chi connectivity index (χ4n) is 4.29. The maximum atomic E-state index is 13.6. The van der Waals surface area contributed by atoms with E-state index in [1.807, 2.05) is 0 Å². The molecule has 126 valence electrons. The molecule has 2 heterocycles. The number of nitrogens with one attached hydrogen (secondary N) is 2. The lowest BCUT2D eigenvalue weighted by Crippen LogP contribution is -2.59. The number of rotatable bonds is 3. The van der Waals surface area contributed by atoms with Crippen LogP contribution in [0.3, 0.4) is 0 Å². The van der Waals surface area contributed by atoms with Gasteiger partial charge in [0.15, 0.2) is 0 Å². The molecule has 2 atom stereocenters. The van der Waals surface area contributed by atoms with E-state index in [2.05, 4.69) is 29.4 Å². The summed E-state index contributed by atoms with van der Waals surface area (Å²) < 4.78 is 13.6. The number of fused-ring (bicyclic) bond motifs is 2. The van der Waals surface area contributed by atoms with Crippen molar-refractivity contribution < 1.29 is 9.18 Å². The molecule has 1 aromatic rings. The average molecular weight is 319 g/mol. The molecule has 2 aliphatic heterocycles. The first-order valence-electron chi connectivity index (χ1n) is 8.64. The topological polar surface area (TPSA) is 44.4 Å². The second-order valence-corrected chi connectivity index (χ2v) is 7.03. The van der Waals surface area contributed by atoms with Crippen molar-refractivity contribution in [3.05, 3.63) is 30.1 Å². The molecule has 2 amide bonds. The molecular weight excluding hydrogens is 293 g/mol. The van der Waals surface area contributed by atoms with E-state index >= 15 is 0 Å². The van der Waals surface area contributed by atoms with Crippen molar-refractivity contribution in [3.63, 3.8) is 0 Å². The molecule has 23 heavy (non-hydrogen) atoms. The fourth-order valence-corrected chi connectivity index (χ4v) is 4.29. The first kappa shape index (κ1) is 16.2. The van der Waals surface area contributed by atoms with Crippen molar-refractivity contribution in [1.82, 2.24) is 10.2 Å². The van der Waals surface area contributed by atoms with E-state index in [4.69, 9.17) is 0 Å². The summed E-state index contributed by atoms with van der Waals surface area (Å²) in [4.78, 5) is 14.8. The van der Waals surface area contributed by atoms with Crippen molar-refractivity contribution in [2.75, 3.05) is 5.32 Å². The number of carbonyl (C=O) groups is 1. The lowest BCUT2D eigenvalue weighted by molar-refractivity contribution is 0.00233. The van der Waals surface area contributed by atoms with Gasteiger partial charge in [0.25, 0.3) is 0 Å². The fraction of sp³-hybridized carbons (Fsp3) is 0.611. The Kier molecular flexibility index (Phi) is 4.85. The van der Waals surface area contributed by atoms with E-state index in [1.165, 1.54) is 25.3 Å². The number of hydrogen-bond acceptors (Lipinski definition) is 2. The molecule has 0 spiro atoms. The molecule has 2 N–H and O–H groups in total. The van der Waals surface area contributed by atoms with Crippen molar-refractivity contribution in [2.45, 2.75) is 70.1 Å². The highest BCUT2D eigenvalue weighted by Crippen LogP contribution is 2.35. The number of amides is 2. The van der Waals surface area contributed by atoms with Gasteiger partial charge in [0.1, 0.15) is 5.82 Å². The number of anilines is 1. The predicted molar refractivity (Wildman–Crippen MR) is 90.0 cm³/mol. The van der Waals surface area contributed by atoms with Gasteiger partial charge in [-0.3, -0.25) is 4.90 Å². The number of piperidine rings is 2. The Labute approximate surface area is 137 Å². The van der Waals surface area contributed by atoms with Crippen LogP contribution in [0.2, 0.25) is 0 Å². The molecule has 0 radical (unpaired) electrons. The van der Waals surface area contributed by atoms with Gasteiger partial charge >= 0.3 is 6.03 Å². The maximum Gasteiger partial charge on any atom is 0.319 e. The summed E-state index contributed by atoms with van der Waals surface area (Å²) in [6, 6.07) is 7.78. The normalized spacial score (nSPS) is 27.7. The third-order valence-corrected chi connectivity index (χ3v) is 5.08. The average Bonchev–Trinajstić information content (AvgIpc) is 2.48. The Hall–Kier alpha value is -1.62. The smallest absolute Gasteiger partial charge is 0.319 e. The van der Waals surface area contributed by atoms with Gasteiger partial charge in [-0.05, 0) is 51.7 Å². The lowest BCUT2D eigenvalue weighted by atomic mass is 9.81. The Morgan fingerprint density at radius 2 is 1.87 bits per heavy atom. The number of nitrogens with zero attached hydrogens (tertiary/aromatic N) is 1. The Morgan fingerprint density at radius 1 is 1.22 bits per heavy atom. The molecule has 4 nitrogen and oxygen atoms in total. The van der Waals surface area contributed by atoms with E-state index < -0.39 is 5.82 Å². The number of halogens is 1. The Balaban J connectivity index is 1.59. The van der Waals surface area contributed by atoms with Crippen molar-refractivity contribution in [1.29, 1.82) is 0 Å². The molecule has 2 fully saturated rings. The van der Waals surface area contributed by atoms with Gasteiger partial charge in [0, 0.05) is 24.2 Å². The minimum atomic E-state index is -0.408. The molecule has 2 unspecified atom stereocenters. The number of urea groups is 1. The van der Waals surface area contributed by atoms with Crippen LogP contribution in [0.25, 0.3) is 0 Å². The van der Waals surface area contributed by atoms with E-state index in [0.29, 0.717) is 18.1 Å². The van der Waals surface area contributed by atoms with Gasteiger partial charge in [-0.2, -0.15) is 0 Å². The Bertz CT molecular complexity index is 549. The minimum Gasteiger partial charge on any atom is -0.335 e. The molecule has 2 bridgehead atoms. The van der Waals surface area contributed by atoms with Crippen LogP contribution in [-0.2, 0) is 0 Å². The SMILES string of the molecule is CC(C)N1C2CCCC1CC(NC(=O)Nc1ccccc1F)C2. The third-order valence-electron chi connectivity index (χ3n) is 5.08. The highest BCUT2D eigenvalue weighted by Gasteiger charge is 2.39. The first-order chi connectivity index (χ1) is 11.0. The van der Waals surface area contributed by atoms with Crippen LogP contribution in [-0.4, -0.2) is 35.1 Å². The van der Waals surface area contributed by atoms with Gasteiger partial charge in [-0.25, -0.2) is 9.18 Å². The molecular formula is C18H26FN3O. The van der Waals surface area contributed by atoms with E-state index in [0.717, 1.165) is 12.8 Å². The predicted octanol–water partition coefficient (Wildman–Crippen LogP) is 3.74. The molecule has 0 aliphatic carbocycles. The van der Waals surface area contributed by atoms with E-state index in [9.17, 15) is 9.18 Å². The number of hydrogen-bond donors (Lipinski definition) is 2. The van der Waals surface area contributed by atoms with Crippen molar-refractivity contribution in [2.24, 2.45) is 0 Å². The van der Waals surface area contributed by atoms with Crippen molar-refractivity contribution >= 4 is 11.7 Å². The van der Waals surface area contributed by atoms with Gasteiger partial charge in [-0.15, -0.1) is 0 Å². The highest BCUT2D eigenvalue weighted by atomic mass is 19.1. The Morgan fingerprint density at radius 3 is 2.48 bits per heavy atom. The largest absolute Gasteiger partial charge is 0.335 e. The molecule has 0 aromatic heterocycles. The van der Waals surface area contributed by atoms with Crippen LogP contribution in [0.5, 0.6) is 0 Å². The molecule has 3 rings (SSSR count). The summed E-state index contributed by atoms with van der Waals surface area (Å²) in [6.07, 6.45) is 5.68. The molecule has 1 aromatic carbocycles. The zero-order chi connectivity index (χ0) is 16.4. The summed E-state index contributed by atoms with van der Waals surface area (Å²) in [6.45, 7) is 4.51. The van der Waals surface area contributed by atoms with Gasteiger partial charge in [0.2, 0.25) is 0 Å². The van der Waals surface area contributed by atoms with Crippen LogP contribution >= 0.6 is 0 Å². The van der Waals surface area contributed by atoms with E-state index in [-0.39, 0.29) is 17.8 Å². The summed E-state index contributed by atoms with van der Waals surface area (Å²) in [5.41, 5.74) is 0.227. The summed E-state index contributed by atoms with van der Waals surface area (Å²) in [5.74, 6) is -0.408. The summed E-state index contributed by atoms with van der Waals surface area (Å²) in [7, 11) is 0. The van der Waals surface area contributed by atoms with Crippen LogP contribution in [0.1, 0.15) is 46.0 Å². The van der Waals surface area contributed by atoms with Crippen LogP contribution in [0.15, 0.2) is 24.3 Å². The maximum absolute atomic E-state index is 13.6. The summed E-state index contributed by atoms with van der Waals surface area (Å²) in [5, 5.41) is 5.66. The first-order valence-corrected chi connectivity index (χ1v) is 8.64. The zero-order valence-electron chi connectivity index (χ0n) is 13.9. The monoisotopic (exact) mass is 319 g/mol. The number of benzene rings is 1. The second kappa shape index (κ2) is 6.87. The molecule has 2 aliphatic rings. The number of para-hydroxylation sites is 1. The minimum absolute atomic E-state index is 0.173. The van der Waals surface area contributed by atoms with Crippen molar-refractivity contribution in [3.8, 4) is 0 Å². The highest BCUT2D eigenvalue weighted by molar-refractivity contribution is 5.89. The molecule has 0 saturated carbocycles. The van der Waals surface area contributed by atoms with Crippen LogP contribution in [0.4, 0.5) is 14.9 Å². The van der Waals surface area contributed by atoms with E-state index in [1.54, 1.807) is 18.2 Å². The van der Waals surface area contributed by atoms with Crippen LogP contribution < -0.4 is 10.6 Å². The zero-order valence-corrected chi connectivity index (χ0v) is 13.9. The van der Waals surface area contributed by atoms with Gasteiger partial charge < -0.3 is 10.6 Å². The van der Waals surface area contributed by atoms with Gasteiger partial charge in [0.05, 0.1) is 5.69 Å². The number of carbonyl (C=O) groups excluding carboxylic acids is 1. The van der Waals surface area contributed by atoms with Gasteiger partial charge in [-0.1, -0.05) is 18.6 Å². The molecule has 2 saturated heterocycles. The molecule has 5 heteroatoms. The lowest BCUT2D eigenvalue weighted by Gasteiger charge is -2.51. The standard InChI is InChI=1S/C18H26FN3O/c1-12(2)22-14-6-5-7-15(22)11-13(10-14)20-18(23)21-17-9-4-3-8-16(17)19/h3-4,8-9,12-15H,5-7,10-11H2,1-2H3,(H2,20,21,23). The summed E-state index contributed by atoms with van der Waals surface area (Å²) >= 11 is 0. The third kappa shape index (κ3) is 3.66.